The van der Waals surface area contributed by atoms with E-state index in [9.17, 15) is 23.2 Å². The number of hydrogen-bond acceptors (Lipinski definition) is 7. The van der Waals surface area contributed by atoms with Crippen molar-refractivity contribution in [3.8, 4) is 17.5 Å². The molecule has 12 heteroatoms. The van der Waals surface area contributed by atoms with Gasteiger partial charge in [-0.15, -0.1) is 0 Å². The molecule has 0 unspecified atom stereocenters. The van der Waals surface area contributed by atoms with Crippen LogP contribution < -0.4 is 20.1 Å². The SMILES string of the molecule is CN(C(=O)Oc1cc(Oc2ccc(NC(=O)CC(=O)Nc3ccc(F)cc3)cc2F)ncn1)C(C)(C)C. The molecule has 1 heterocycles. The molecule has 0 spiro atoms. The predicted octanol–water partition coefficient (Wildman–Crippen LogP) is 4.74. The number of anilines is 2. The largest absolute Gasteiger partial charge is 0.436 e. The van der Waals surface area contributed by atoms with Crippen molar-refractivity contribution in [2.75, 3.05) is 17.7 Å². The summed E-state index contributed by atoms with van der Waals surface area (Å²) >= 11 is 0. The van der Waals surface area contributed by atoms with Crippen molar-refractivity contribution in [3.05, 3.63) is 66.5 Å². The van der Waals surface area contributed by atoms with Crippen molar-refractivity contribution in [3.63, 3.8) is 0 Å². The average molecular weight is 514 g/mol. The Morgan fingerprint density at radius 3 is 2.11 bits per heavy atom. The molecule has 194 valence electrons. The van der Waals surface area contributed by atoms with Crippen LogP contribution in [0.25, 0.3) is 0 Å². The third-order valence-corrected chi connectivity index (χ3v) is 4.97. The number of ether oxygens (including phenoxy) is 2. The summed E-state index contributed by atoms with van der Waals surface area (Å²) in [5.41, 5.74) is -0.0570. The third-order valence-electron chi connectivity index (χ3n) is 4.97. The molecule has 0 fully saturated rings. The molecule has 0 saturated carbocycles. The first kappa shape index (κ1) is 27.0. The highest BCUT2D eigenvalue weighted by Crippen LogP contribution is 2.27. The van der Waals surface area contributed by atoms with Crippen LogP contribution in [0.1, 0.15) is 27.2 Å². The zero-order chi connectivity index (χ0) is 27.2. The van der Waals surface area contributed by atoms with Gasteiger partial charge in [-0.3, -0.25) is 9.59 Å². The van der Waals surface area contributed by atoms with Crippen molar-refractivity contribution in [1.29, 1.82) is 0 Å². The Morgan fingerprint density at radius 2 is 1.49 bits per heavy atom. The summed E-state index contributed by atoms with van der Waals surface area (Å²) in [4.78, 5) is 45.5. The Labute approximate surface area is 211 Å². The van der Waals surface area contributed by atoms with E-state index in [1.807, 2.05) is 20.8 Å². The second kappa shape index (κ2) is 11.4. The van der Waals surface area contributed by atoms with Crippen LogP contribution in [-0.4, -0.2) is 45.4 Å². The summed E-state index contributed by atoms with van der Waals surface area (Å²) < 4.78 is 38.2. The molecule has 0 saturated heterocycles. The van der Waals surface area contributed by atoms with Crippen LogP contribution in [0.2, 0.25) is 0 Å². The number of aromatic nitrogens is 2. The Kier molecular flexibility index (Phi) is 8.33. The van der Waals surface area contributed by atoms with E-state index >= 15 is 0 Å². The van der Waals surface area contributed by atoms with Gasteiger partial charge in [0.05, 0.1) is 6.07 Å². The number of rotatable bonds is 7. The highest BCUT2D eigenvalue weighted by atomic mass is 19.1. The Morgan fingerprint density at radius 1 is 0.892 bits per heavy atom. The maximum absolute atomic E-state index is 14.6. The lowest BCUT2D eigenvalue weighted by Crippen LogP contribution is -2.44. The van der Waals surface area contributed by atoms with Gasteiger partial charge in [-0.2, -0.15) is 0 Å². The van der Waals surface area contributed by atoms with Gasteiger partial charge in [-0.25, -0.2) is 23.5 Å². The lowest BCUT2D eigenvalue weighted by molar-refractivity contribution is -0.123. The lowest BCUT2D eigenvalue weighted by atomic mass is 10.1. The normalized spacial score (nSPS) is 10.9. The van der Waals surface area contributed by atoms with Gasteiger partial charge in [0.25, 0.3) is 0 Å². The summed E-state index contributed by atoms with van der Waals surface area (Å²) in [6.45, 7) is 5.50. The fourth-order valence-corrected chi connectivity index (χ4v) is 2.73. The zero-order valence-electron chi connectivity index (χ0n) is 20.5. The van der Waals surface area contributed by atoms with Crippen LogP contribution in [0.15, 0.2) is 54.9 Å². The molecule has 3 amide bonds. The van der Waals surface area contributed by atoms with Gasteiger partial charge in [0.15, 0.2) is 11.6 Å². The van der Waals surface area contributed by atoms with E-state index < -0.39 is 41.5 Å². The molecule has 2 aromatic carbocycles. The van der Waals surface area contributed by atoms with E-state index in [0.717, 1.165) is 12.4 Å². The molecule has 0 bridgehead atoms. The van der Waals surface area contributed by atoms with E-state index in [0.29, 0.717) is 5.69 Å². The van der Waals surface area contributed by atoms with Gasteiger partial charge in [-0.05, 0) is 57.2 Å². The first-order valence-electron chi connectivity index (χ1n) is 11.0. The Balaban J connectivity index is 1.58. The van der Waals surface area contributed by atoms with Crippen LogP contribution in [0, 0.1) is 11.6 Å². The summed E-state index contributed by atoms with van der Waals surface area (Å²) in [5, 5.41) is 4.87. The molecule has 2 N–H and O–H groups in total. The minimum absolute atomic E-state index is 0.0793. The topological polar surface area (TPSA) is 123 Å². The quantitative estimate of drug-likeness (QED) is 0.438. The minimum Gasteiger partial charge on any atom is -0.436 e. The number of nitrogens with zero attached hydrogens (tertiary/aromatic N) is 3. The zero-order valence-corrected chi connectivity index (χ0v) is 20.5. The van der Waals surface area contributed by atoms with Crippen molar-refractivity contribution >= 4 is 29.3 Å². The summed E-state index contributed by atoms with van der Waals surface area (Å²) in [6.07, 6.45) is -0.0856. The van der Waals surface area contributed by atoms with Crippen molar-refractivity contribution in [2.24, 2.45) is 0 Å². The van der Waals surface area contributed by atoms with E-state index in [-0.39, 0.29) is 23.2 Å². The number of halogens is 2. The van der Waals surface area contributed by atoms with Crippen molar-refractivity contribution in [2.45, 2.75) is 32.7 Å². The van der Waals surface area contributed by atoms with Gasteiger partial charge in [-0.1, -0.05) is 0 Å². The van der Waals surface area contributed by atoms with E-state index in [2.05, 4.69) is 20.6 Å². The fraction of sp³-hybridized carbons (Fsp3) is 0.240. The Bertz CT molecular complexity index is 1300. The van der Waals surface area contributed by atoms with Gasteiger partial charge >= 0.3 is 6.09 Å². The number of benzene rings is 2. The summed E-state index contributed by atoms with van der Waals surface area (Å²) in [6, 6.07) is 9.90. The summed E-state index contributed by atoms with van der Waals surface area (Å²) in [7, 11) is 1.58. The fourth-order valence-electron chi connectivity index (χ4n) is 2.73. The number of amides is 3. The van der Waals surface area contributed by atoms with Crippen molar-refractivity contribution in [1.82, 2.24) is 14.9 Å². The van der Waals surface area contributed by atoms with Gasteiger partial charge < -0.3 is 25.0 Å². The molecule has 0 aliphatic heterocycles. The molecule has 37 heavy (non-hydrogen) atoms. The van der Waals surface area contributed by atoms with E-state index in [4.69, 9.17) is 9.47 Å². The van der Waals surface area contributed by atoms with Crippen LogP contribution >= 0.6 is 0 Å². The number of carbonyl (C=O) groups excluding carboxylic acids is 3. The minimum atomic E-state index is -0.821. The molecule has 0 aliphatic rings. The number of hydrogen-bond donors (Lipinski definition) is 2. The van der Waals surface area contributed by atoms with Crippen molar-refractivity contribution < 1.29 is 32.6 Å². The highest BCUT2D eigenvalue weighted by Gasteiger charge is 2.24. The lowest BCUT2D eigenvalue weighted by Gasteiger charge is -2.30. The van der Waals surface area contributed by atoms with E-state index in [1.165, 1.54) is 47.4 Å². The van der Waals surface area contributed by atoms with Crippen LogP contribution in [0.3, 0.4) is 0 Å². The molecule has 1 aromatic heterocycles. The molecule has 0 aliphatic carbocycles. The van der Waals surface area contributed by atoms with Crippen LogP contribution in [-0.2, 0) is 9.59 Å². The number of nitrogens with one attached hydrogen (secondary N) is 2. The van der Waals surface area contributed by atoms with Crippen LogP contribution in [0.4, 0.5) is 25.0 Å². The molecule has 0 radical (unpaired) electrons. The van der Waals surface area contributed by atoms with Gasteiger partial charge in [0, 0.05) is 30.0 Å². The highest BCUT2D eigenvalue weighted by molar-refractivity contribution is 6.08. The monoisotopic (exact) mass is 513 g/mol. The van der Waals surface area contributed by atoms with Gasteiger partial charge in [0.1, 0.15) is 18.6 Å². The average Bonchev–Trinajstić information content (AvgIpc) is 2.81. The molecule has 3 aromatic rings. The molecule has 10 nitrogen and oxygen atoms in total. The Hall–Kier alpha value is -4.61. The standard InChI is InChI=1S/C25H25F2N5O5/c1-25(2,3)32(4)24(35)37-23-13-22(28-14-29-23)36-19-10-9-17(11-18(19)27)31-21(34)12-20(33)30-16-7-5-15(26)6-8-16/h5-11,13-14H,12H2,1-4H3,(H,30,33)(H,31,34). The molecular formula is C25H25F2N5O5. The molecular weight excluding hydrogens is 488 g/mol. The first-order valence-corrected chi connectivity index (χ1v) is 11.0. The smallest absolute Gasteiger partial charge is 0.416 e. The number of carbonyl (C=O) groups is 3. The van der Waals surface area contributed by atoms with E-state index in [1.54, 1.807) is 7.05 Å². The van der Waals surface area contributed by atoms with Gasteiger partial charge in [0.2, 0.25) is 23.6 Å². The second-order valence-corrected chi connectivity index (χ2v) is 8.82. The molecule has 0 atom stereocenters. The first-order chi connectivity index (χ1) is 17.4. The second-order valence-electron chi connectivity index (χ2n) is 8.82. The maximum atomic E-state index is 14.6. The third kappa shape index (κ3) is 7.95. The summed E-state index contributed by atoms with van der Waals surface area (Å²) in [5.74, 6) is -2.97. The van der Waals surface area contributed by atoms with Crippen LogP contribution in [0.5, 0.6) is 17.5 Å². The molecule has 3 rings (SSSR count). The maximum Gasteiger partial charge on any atom is 0.416 e. The predicted molar refractivity (Wildman–Crippen MR) is 130 cm³/mol.